The Bertz CT molecular complexity index is 503. The van der Waals surface area contributed by atoms with Gasteiger partial charge >= 0.3 is 12.1 Å². The van der Waals surface area contributed by atoms with Gasteiger partial charge in [0, 0.05) is 10.0 Å². The number of piperidine rings is 1. The van der Waals surface area contributed by atoms with Gasteiger partial charge in [0.25, 0.3) is 0 Å². The molecule has 0 aromatic heterocycles. The summed E-state index contributed by atoms with van der Waals surface area (Å²) in [7, 11) is 0. The monoisotopic (exact) mass is 357 g/mol. The molecule has 1 aliphatic heterocycles. The molecule has 3 nitrogen and oxygen atoms in total. The van der Waals surface area contributed by atoms with Crippen molar-refractivity contribution in [1.29, 1.82) is 0 Å². The Labute approximate surface area is 136 Å². The highest BCUT2D eigenvalue weighted by Gasteiger charge is 2.38. The van der Waals surface area contributed by atoms with E-state index in [4.69, 9.17) is 33.1 Å². The first-order chi connectivity index (χ1) is 10.2. The van der Waals surface area contributed by atoms with Crippen LogP contribution in [0.3, 0.4) is 0 Å². The Kier molecular flexibility index (Phi) is 7.45. The predicted molar refractivity (Wildman–Crippen MR) is 79.5 cm³/mol. The molecule has 1 aromatic rings. The van der Waals surface area contributed by atoms with Crippen molar-refractivity contribution in [2.45, 2.75) is 25.4 Å². The molecule has 1 aromatic carbocycles. The summed E-state index contributed by atoms with van der Waals surface area (Å²) >= 11 is 12.0. The van der Waals surface area contributed by atoms with Crippen LogP contribution in [0.5, 0.6) is 0 Å². The fourth-order valence-electron chi connectivity index (χ4n) is 2.08. The van der Waals surface area contributed by atoms with Crippen LogP contribution in [-0.2, 0) is 11.2 Å². The van der Waals surface area contributed by atoms with Crippen LogP contribution in [0.2, 0.25) is 10.0 Å². The standard InChI is InChI=1S/C12H15Cl2N.C2HF3O2/c13-11-2-1-10(12(14)8-11)7-9-3-5-15-6-4-9;3-2(4,5)1(6)7/h1-2,8-9,15H,3-7H2;(H,6,7). The zero-order valence-corrected chi connectivity index (χ0v) is 13.1. The van der Waals surface area contributed by atoms with Crippen molar-refractivity contribution < 1.29 is 23.1 Å². The average Bonchev–Trinajstić information content (AvgIpc) is 2.43. The third kappa shape index (κ3) is 6.85. The van der Waals surface area contributed by atoms with E-state index in [1.165, 1.54) is 18.4 Å². The smallest absolute Gasteiger partial charge is 0.475 e. The maximum atomic E-state index is 10.6. The van der Waals surface area contributed by atoms with Gasteiger partial charge in [-0.2, -0.15) is 13.2 Å². The maximum Gasteiger partial charge on any atom is 0.490 e. The Morgan fingerprint density at radius 1 is 1.27 bits per heavy atom. The normalized spacial score (nSPS) is 15.9. The number of carboxylic acids is 1. The number of carbonyl (C=O) groups is 1. The van der Waals surface area contributed by atoms with Gasteiger partial charge in [0.1, 0.15) is 0 Å². The highest BCUT2D eigenvalue weighted by molar-refractivity contribution is 6.35. The molecule has 2 N–H and O–H groups in total. The van der Waals surface area contributed by atoms with Crippen LogP contribution in [0.25, 0.3) is 0 Å². The van der Waals surface area contributed by atoms with Crippen molar-refractivity contribution in [2.75, 3.05) is 13.1 Å². The summed E-state index contributed by atoms with van der Waals surface area (Å²) in [5.74, 6) is -1.99. The van der Waals surface area contributed by atoms with Crippen LogP contribution in [0.15, 0.2) is 18.2 Å². The Hall–Kier alpha value is -0.980. The molecule has 0 amide bonds. The summed E-state index contributed by atoms with van der Waals surface area (Å²) in [5.41, 5.74) is 1.23. The SMILES string of the molecule is Clc1ccc(CC2CCNCC2)c(Cl)c1.O=C(O)C(F)(F)F. The van der Waals surface area contributed by atoms with Gasteiger partial charge in [-0.25, -0.2) is 4.79 Å². The zero-order valence-electron chi connectivity index (χ0n) is 11.6. The van der Waals surface area contributed by atoms with Crippen LogP contribution in [0.1, 0.15) is 18.4 Å². The van der Waals surface area contributed by atoms with E-state index < -0.39 is 12.1 Å². The molecule has 0 bridgehead atoms. The largest absolute Gasteiger partial charge is 0.490 e. The molecule has 22 heavy (non-hydrogen) atoms. The first kappa shape index (κ1) is 19.1. The molecular weight excluding hydrogens is 342 g/mol. The summed E-state index contributed by atoms with van der Waals surface area (Å²) in [6, 6.07) is 5.80. The van der Waals surface area contributed by atoms with E-state index in [1.54, 1.807) is 0 Å². The third-order valence-corrected chi connectivity index (χ3v) is 3.81. The molecule has 0 spiro atoms. The van der Waals surface area contributed by atoms with Crippen molar-refractivity contribution in [1.82, 2.24) is 5.32 Å². The van der Waals surface area contributed by atoms with Crippen molar-refractivity contribution in [2.24, 2.45) is 5.92 Å². The first-order valence-corrected chi connectivity index (χ1v) is 7.40. The number of alkyl halides is 3. The van der Waals surface area contributed by atoms with Gasteiger partial charge in [-0.3, -0.25) is 0 Å². The maximum absolute atomic E-state index is 10.6. The number of benzene rings is 1. The second-order valence-electron chi connectivity index (χ2n) is 4.94. The quantitative estimate of drug-likeness (QED) is 0.834. The number of carboxylic acid groups (broad SMARTS) is 1. The van der Waals surface area contributed by atoms with Crippen molar-refractivity contribution in [3.8, 4) is 0 Å². The summed E-state index contributed by atoms with van der Waals surface area (Å²) in [6.45, 7) is 2.27. The molecule has 0 aliphatic carbocycles. The van der Waals surface area contributed by atoms with E-state index in [-0.39, 0.29) is 0 Å². The minimum absolute atomic E-state index is 0.717. The highest BCUT2D eigenvalue weighted by atomic mass is 35.5. The zero-order chi connectivity index (χ0) is 16.8. The number of hydrogen-bond acceptors (Lipinski definition) is 2. The van der Waals surface area contributed by atoms with Gasteiger partial charge in [-0.05, 0) is 56.0 Å². The van der Waals surface area contributed by atoms with E-state index in [1.807, 2.05) is 18.2 Å². The van der Waals surface area contributed by atoms with Crippen molar-refractivity contribution in [3.05, 3.63) is 33.8 Å². The molecule has 8 heteroatoms. The topological polar surface area (TPSA) is 49.3 Å². The highest BCUT2D eigenvalue weighted by Crippen LogP contribution is 2.26. The van der Waals surface area contributed by atoms with Gasteiger partial charge in [-0.1, -0.05) is 29.3 Å². The molecule has 0 radical (unpaired) electrons. The van der Waals surface area contributed by atoms with Crippen LogP contribution in [0.4, 0.5) is 13.2 Å². The molecule has 0 atom stereocenters. The third-order valence-electron chi connectivity index (χ3n) is 3.22. The lowest BCUT2D eigenvalue weighted by atomic mass is 9.91. The molecule has 0 saturated carbocycles. The Morgan fingerprint density at radius 3 is 2.27 bits per heavy atom. The van der Waals surface area contributed by atoms with Gasteiger partial charge in [-0.15, -0.1) is 0 Å². The fourth-order valence-corrected chi connectivity index (χ4v) is 2.57. The van der Waals surface area contributed by atoms with E-state index in [9.17, 15) is 13.2 Å². The van der Waals surface area contributed by atoms with E-state index in [0.717, 1.165) is 30.5 Å². The minimum atomic E-state index is -5.08. The molecule has 124 valence electrons. The minimum Gasteiger partial charge on any atom is -0.475 e. The summed E-state index contributed by atoms with van der Waals surface area (Å²) in [5, 5.41) is 12.0. The number of rotatable bonds is 2. The molecule has 1 aliphatic rings. The molecule has 1 fully saturated rings. The fraction of sp³-hybridized carbons (Fsp3) is 0.500. The second-order valence-corrected chi connectivity index (χ2v) is 5.78. The number of nitrogens with one attached hydrogen (secondary N) is 1. The Balaban J connectivity index is 0.000000295. The lowest BCUT2D eigenvalue weighted by molar-refractivity contribution is -0.192. The van der Waals surface area contributed by atoms with Crippen LogP contribution >= 0.6 is 23.2 Å². The van der Waals surface area contributed by atoms with Gasteiger partial charge in [0.15, 0.2) is 0 Å². The van der Waals surface area contributed by atoms with E-state index in [2.05, 4.69) is 5.32 Å². The van der Waals surface area contributed by atoms with Crippen molar-refractivity contribution in [3.63, 3.8) is 0 Å². The second kappa shape index (κ2) is 8.60. The molecule has 1 saturated heterocycles. The summed E-state index contributed by atoms with van der Waals surface area (Å²) in [6.07, 6.45) is -1.50. The lowest BCUT2D eigenvalue weighted by Crippen LogP contribution is -2.28. The van der Waals surface area contributed by atoms with Gasteiger partial charge in [0.05, 0.1) is 0 Å². The predicted octanol–water partition coefficient (Wildman–Crippen LogP) is 4.17. The Morgan fingerprint density at radius 2 is 1.82 bits per heavy atom. The van der Waals surface area contributed by atoms with Crippen LogP contribution in [0, 0.1) is 5.92 Å². The van der Waals surface area contributed by atoms with Crippen LogP contribution in [-0.4, -0.2) is 30.3 Å². The van der Waals surface area contributed by atoms with Crippen molar-refractivity contribution >= 4 is 29.2 Å². The lowest BCUT2D eigenvalue weighted by Gasteiger charge is -2.22. The average molecular weight is 358 g/mol. The molecule has 2 rings (SSSR count). The van der Waals surface area contributed by atoms with E-state index in [0.29, 0.717) is 5.02 Å². The van der Waals surface area contributed by atoms with Gasteiger partial charge < -0.3 is 10.4 Å². The number of hydrogen-bond donors (Lipinski definition) is 2. The number of halogens is 5. The summed E-state index contributed by atoms with van der Waals surface area (Å²) < 4.78 is 31.7. The first-order valence-electron chi connectivity index (χ1n) is 6.65. The molecule has 0 unspecified atom stereocenters. The molecule has 1 heterocycles. The van der Waals surface area contributed by atoms with E-state index >= 15 is 0 Å². The molecular formula is C14H16Cl2F3NO2. The number of aliphatic carboxylic acids is 1. The summed E-state index contributed by atoms with van der Waals surface area (Å²) in [4.78, 5) is 8.90. The van der Waals surface area contributed by atoms with Gasteiger partial charge in [0.2, 0.25) is 0 Å². The van der Waals surface area contributed by atoms with Crippen LogP contribution < -0.4 is 5.32 Å².